The third kappa shape index (κ3) is 8.11. The second-order valence-electron chi connectivity index (χ2n) is 8.30. The summed E-state index contributed by atoms with van der Waals surface area (Å²) in [6, 6.07) is 10.1. The molecule has 176 valence electrons. The number of rotatable bonds is 9. The molecule has 0 saturated heterocycles. The lowest BCUT2D eigenvalue weighted by molar-refractivity contribution is -0.119. The van der Waals surface area contributed by atoms with Crippen molar-refractivity contribution in [3.63, 3.8) is 0 Å². The highest BCUT2D eigenvalue weighted by molar-refractivity contribution is 14.0. The number of carbonyl (C=O) groups excluding carboxylic acids is 1. The van der Waals surface area contributed by atoms with Gasteiger partial charge in [-0.05, 0) is 63.8 Å². The number of aromatic nitrogens is 2. The van der Waals surface area contributed by atoms with E-state index in [4.69, 9.17) is 4.99 Å². The van der Waals surface area contributed by atoms with Gasteiger partial charge in [0.1, 0.15) is 0 Å². The standard InChI is InChI=1S/C24H36N6O.HI/c1-4-25-24(26-13-8-14-30-19(3)15-18(2)29-30)27-17-20-9-7-12-22(16-20)28-23(31)21-10-5-6-11-21;/h7,9,12,15-16,21H,4-6,8,10-11,13-14,17H2,1-3H3,(H,28,31)(H2,25,26,27);1H. The molecule has 0 bridgehead atoms. The average Bonchev–Trinajstić information content (AvgIpc) is 3.39. The molecule has 3 rings (SSSR count). The van der Waals surface area contributed by atoms with Crippen molar-refractivity contribution in [3.8, 4) is 0 Å². The predicted molar refractivity (Wildman–Crippen MR) is 142 cm³/mol. The normalized spacial score (nSPS) is 14.2. The molecular formula is C24H37IN6O. The Hall–Kier alpha value is -2.10. The van der Waals surface area contributed by atoms with Crippen LogP contribution >= 0.6 is 24.0 Å². The molecule has 0 radical (unpaired) electrons. The van der Waals surface area contributed by atoms with Crippen molar-refractivity contribution in [2.75, 3.05) is 18.4 Å². The van der Waals surface area contributed by atoms with Crippen molar-refractivity contribution in [2.45, 2.75) is 66.0 Å². The molecular weight excluding hydrogens is 515 g/mol. The quantitative estimate of drug-likeness (QED) is 0.187. The lowest BCUT2D eigenvalue weighted by Crippen LogP contribution is -2.38. The first-order chi connectivity index (χ1) is 15.0. The number of benzene rings is 1. The van der Waals surface area contributed by atoms with Crippen molar-refractivity contribution in [3.05, 3.63) is 47.3 Å². The van der Waals surface area contributed by atoms with Crippen LogP contribution in [0.2, 0.25) is 0 Å². The summed E-state index contributed by atoms with van der Waals surface area (Å²) in [4.78, 5) is 17.1. The van der Waals surface area contributed by atoms with E-state index in [1.165, 1.54) is 5.69 Å². The Balaban J connectivity index is 0.00000363. The van der Waals surface area contributed by atoms with Gasteiger partial charge in [-0.3, -0.25) is 9.48 Å². The first kappa shape index (κ1) is 26.2. The van der Waals surface area contributed by atoms with Gasteiger partial charge in [0.15, 0.2) is 5.96 Å². The van der Waals surface area contributed by atoms with Gasteiger partial charge in [-0.1, -0.05) is 25.0 Å². The van der Waals surface area contributed by atoms with Crippen molar-refractivity contribution in [1.29, 1.82) is 0 Å². The molecule has 1 aliphatic carbocycles. The van der Waals surface area contributed by atoms with E-state index in [0.717, 1.165) is 74.6 Å². The summed E-state index contributed by atoms with van der Waals surface area (Å²) < 4.78 is 2.05. The monoisotopic (exact) mass is 552 g/mol. The largest absolute Gasteiger partial charge is 0.357 e. The fourth-order valence-electron chi connectivity index (χ4n) is 4.03. The van der Waals surface area contributed by atoms with E-state index >= 15 is 0 Å². The van der Waals surface area contributed by atoms with Gasteiger partial charge in [0.25, 0.3) is 0 Å². The summed E-state index contributed by atoms with van der Waals surface area (Å²) in [6.45, 7) is 9.24. The fourth-order valence-corrected chi connectivity index (χ4v) is 4.03. The zero-order valence-electron chi connectivity index (χ0n) is 19.5. The van der Waals surface area contributed by atoms with E-state index in [-0.39, 0.29) is 35.8 Å². The fraction of sp³-hybridized carbons (Fsp3) is 0.542. The van der Waals surface area contributed by atoms with Crippen LogP contribution in [0, 0.1) is 19.8 Å². The molecule has 2 aromatic rings. The molecule has 7 nitrogen and oxygen atoms in total. The SMILES string of the molecule is CCNC(=NCc1cccc(NC(=O)C2CCCC2)c1)NCCCn1nc(C)cc1C.I. The van der Waals surface area contributed by atoms with E-state index < -0.39 is 0 Å². The summed E-state index contributed by atoms with van der Waals surface area (Å²) in [5, 5.41) is 14.3. The summed E-state index contributed by atoms with van der Waals surface area (Å²) in [5.74, 6) is 1.12. The van der Waals surface area contributed by atoms with Gasteiger partial charge < -0.3 is 16.0 Å². The first-order valence-electron chi connectivity index (χ1n) is 11.5. The molecule has 1 fully saturated rings. The Bertz CT molecular complexity index is 888. The molecule has 0 unspecified atom stereocenters. The van der Waals surface area contributed by atoms with Crippen molar-refractivity contribution in [1.82, 2.24) is 20.4 Å². The molecule has 1 aromatic carbocycles. The Labute approximate surface area is 208 Å². The van der Waals surface area contributed by atoms with Crippen molar-refractivity contribution < 1.29 is 4.79 Å². The van der Waals surface area contributed by atoms with Gasteiger partial charge in [0.2, 0.25) is 5.91 Å². The highest BCUT2D eigenvalue weighted by Gasteiger charge is 2.22. The zero-order valence-corrected chi connectivity index (χ0v) is 21.8. The van der Waals surface area contributed by atoms with Gasteiger partial charge in [-0.15, -0.1) is 24.0 Å². The second-order valence-corrected chi connectivity index (χ2v) is 8.30. The van der Waals surface area contributed by atoms with E-state index in [9.17, 15) is 4.79 Å². The van der Waals surface area contributed by atoms with Crippen molar-refractivity contribution >= 4 is 41.5 Å². The third-order valence-corrected chi connectivity index (χ3v) is 5.63. The molecule has 0 aliphatic heterocycles. The van der Waals surface area contributed by atoms with Gasteiger partial charge in [0.05, 0.1) is 12.2 Å². The third-order valence-electron chi connectivity index (χ3n) is 5.63. The van der Waals surface area contributed by atoms with Gasteiger partial charge in [-0.2, -0.15) is 5.10 Å². The minimum atomic E-state index is 0. The number of guanidine groups is 1. The maximum Gasteiger partial charge on any atom is 0.227 e. The molecule has 1 saturated carbocycles. The van der Waals surface area contributed by atoms with Crippen LogP contribution in [-0.2, 0) is 17.9 Å². The number of nitrogens with zero attached hydrogens (tertiary/aromatic N) is 3. The predicted octanol–water partition coefficient (Wildman–Crippen LogP) is 4.39. The average molecular weight is 553 g/mol. The van der Waals surface area contributed by atoms with E-state index in [2.05, 4.69) is 41.0 Å². The number of aryl methyl sites for hydroxylation is 3. The highest BCUT2D eigenvalue weighted by atomic mass is 127. The number of aliphatic imine (C=N–C) groups is 1. The molecule has 1 heterocycles. The minimum absolute atomic E-state index is 0. The van der Waals surface area contributed by atoms with Crippen LogP contribution in [0.15, 0.2) is 35.3 Å². The molecule has 1 amide bonds. The molecule has 0 spiro atoms. The van der Waals surface area contributed by atoms with E-state index in [0.29, 0.717) is 6.54 Å². The van der Waals surface area contributed by atoms with Crippen LogP contribution in [0.5, 0.6) is 0 Å². The molecule has 8 heteroatoms. The smallest absolute Gasteiger partial charge is 0.227 e. The lowest BCUT2D eigenvalue weighted by atomic mass is 10.1. The Morgan fingerprint density at radius 3 is 2.66 bits per heavy atom. The molecule has 0 atom stereocenters. The summed E-state index contributed by atoms with van der Waals surface area (Å²) in [5.41, 5.74) is 4.18. The number of halogens is 1. The minimum Gasteiger partial charge on any atom is -0.357 e. The number of nitrogens with one attached hydrogen (secondary N) is 3. The molecule has 3 N–H and O–H groups in total. The summed E-state index contributed by atoms with van der Waals surface area (Å²) in [6.07, 6.45) is 5.30. The molecule has 1 aliphatic rings. The summed E-state index contributed by atoms with van der Waals surface area (Å²) in [7, 11) is 0. The number of amides is 1. The Morgan fingerprint density at radius 1 is 1.19 bits per heavy atom. The van der Waals surface area contributed by atoms with E-state index in [1.54, 1.807) is 0 Å². The summed E-state index contributed by atoms with van der Waals surface area (Å²) >= 11 is 0. The van der Waals surface area contributed by atoms with Gasteiger partial charge in [-0.25, -0.2) is 4.99 Å². The van der Waals surface area contributed by atoms with Crippen LogP contribution in [-0.4, -0.2) is 34.7 Å². The lowest BCUT2D eigenvalue weighted by Gasteiger charge is -2.13. The Morgan fingerprint density at radius 2 is 1.97 bits per heavy atom. The van der Waals surface area contributed by atoms with Crippen LogP contribution < -0.4 is 16.0 Å². The molecule has 32 heavy (non-hydrogen) atoms. The number of carbonyl (C=O) groups is 1. The Kier molecular flexibility index (Phi) is 11.0. The first-order valence-corrected chi connectivity index (χ1v) is 11.5. The molecule has 1 aromatic heterocycles. The number of hydrogen-bond donors (Lipinski definition) is 3. The van der Waals surface area contributed by atoms with E-state index in [1.807, 2.05) is 35.9 Å². The second kappa shape index (κ2) is 13.4. The van der Waals surface area contributed by atoms with Crippen molar-refractivity contribution in [2.24, 2.45) is 10.9 Å². The van der Waals surface area contributed by atoms with Crippen LogP contribution in [0.25, 0.3) is 0 Å². The van der Waals surface area contributed by atoms with Crippen LogP contribution in [0.3, 0.4) is 0 Å². The van der Waals surface area contributed by atoms with Gasteiger partial charge in [0, 0.05) is 36.9 Å². The maximum absolute atomic E-state index is 12.4. The van der Waals surface area contributed by atoms with Gasteiger partial charge >= 0.3 is 0 Å². The number of anilines is 1. The van der Waals surface area contributed by atoms with Crippen LogP contribution in [0.1, 0.15) is 56.0 Å². The zero-order chi connectivity index (χ0) is 22.1. The van der Waals surface area contributed by atoms with Crippen LogP contribution in [0.4, 0.5) is 5.69 Å². The topological polar surface area (TPSA) is 83.3 Å². The maximum atomic E-state index is 12.4. The number of hydrogen-bond acceptors (Lipinski definition) is 3. The highest BCUT2D eigenvalue weighted by Crippen LogP contribution is 2.26.